The Morgan fingerprint density at radius 1 is 1.19 bits per heavy atom. The average Bonchev–Trinajstić information content (AvgIpc) is 2.47. The second-order valence-electron chi connectivity index (χ2n) is 4.69. The lowest BCUT2D eigenvalue weighted by Gasteiger charge is -2.27. The molecule has 0 aromatic heterocycles. The highest BCUT2D eigenvalue weighted by Crippen LogP contribution is 2.20. The molecule has 120 valence electrons. The molecule has 0 spiro atoms. The minimum Gasteiger partial charge on any atom is -0.388 e. The summed E-state index contributed by atoms with van der Waals surface area (Å²) >= 11 is 0. The molecule has 0 fully saturated rings. The number of nitrogens with zero attached hydrogens (tertiary/aromatic N) is 1. The van der Waals surface area contributed by atoms with E-state index in [1.807, 2.05) is 6.92 Å². The van der Waals surface area contributed by atoms with Crippen LogP contribution in [0.1, 0.15) is 6.92 Å². The van der Waals surface area contributed by atoms with Crippen molar-refractivity contribution >= 4 is 15.7 Å². The maximum atomic E-state index is 12.7. The van der Waals surface area contributed by atoms with E-state index in [0.717, 1.165) is 5.69 Å². The third kappa shape index (κ3) is 4.67. The van der Waals surface area contributed by atoms with Crippen LogP contribution >= 0.6 is 0 Å². The van der Waals surface area contributed by atoms with Gasteiger partial charge in [-0.05, 0) is 31.2 Å². The number of sulfonamides is 1. The van der Waals surface area contributed by atoms with E-state index >= 15 is 0 Å². The van der Waals surface area contributed by atoms with E-state index < -0.39 is 10.0 Å². The molecule has 6 nitrogen and oxygen atoms in total. The van der Waals surface area contributed by atoms with Crippen LogP contribution in [0, 0.1) is 0 Å². The SMILES string of the molecule is CNc1ccc(S(=O)(=O)N(CCOC)C(C)COC)cc1. The highest BCUT2D eigenvalue weighted by Gasteiger charge is 2.28. The molecule has 7 heteroatoms. The molecule has 21 heavy (non-hydrogen) atoms. The average molecular weight is 316 g/mol. The summed E-state index contributed by atoms with van der Waals surface area (Å²) < 4.78 is 37.0. The standard InChI is InChI=1S/C14H24N2O4S/c1-12(11-20-4)16(9-10-19-3)21(17,18)14-7-5-13(15-2)6-8-14/h5-8,12,15H,9-11H2,1-4H3. The third-order valence-electron chi connectivity index (χ3n) is 3.16. The van der Waals surface area contributed by atoms with Gasteiger partial charge in [0.25, 0.3) is 0 Å². The molecule has 1 rings (SSSR count). The minimum atomic E-state index is -3.57. The van der Waals surface area contributed by atoms with Gasteiger partial charge in [0.05, 0.1) is 18.1 Å². The fourth-order valence-electron chi connectivity index (χ4n) is 2.01. The first-order valence-electron chi connectivity index (χ1n) is 6.75. The quantitative estimate of drug-likeness (QED) is 0.746. The first-order chi connectivity index (χ1) is 9.97. The van der Waals surface area contributed by atoms with Gasteiger partial charge in [-0.15, -0.1) is 0 Å². The predicted molar refractivity (Wildman–Crippen MR) is 83.1 cm³/mol. The molecule has 1 aromatic carbocycles. The van der Waals surface area contributed by atoms with Crippen molar-refractivity contribution in [1.29, 1.82) is 0 Å². The Labute approximate surface area is 127 Å². The van der Waals surface area contributed by atoms with Crippen LogP contribution in [0.2, 0.25) is 0 Å². The molecule has 0 saturated heterocycles. The van der Waals surface area contributed by atoms with E-state index in [0.29, 0.717) is 13.2 Å². The van der Waals surface area contributed by atoms with Gasteiger partial charge >= 0.3 is 0 Å². The van der Waals surface area contributed by atoms with Crippen LogP contribution in [-0.2, 0) is 19.5 Å². The van der Waals surface area contributed by atoms with Crippen molar-refractivity contribution in [3.63, 3.8) is 0 Å². The first kappa shape index (κ1) is 17.9. The Balaban J connectivity index is 3.06. The van der Waals surface area contributed by atoms with Gasteiger partial charge in [0.1, 0.15) is 0 Å². The summed E-state index contributed by atoms with van der Waals surface area (Å²) in [6.07, 6.45) is 0. The number of nitrogens with one attached hydrogen (secondary N) is 1. The molecule has 0 aliphatic carbocycles. The van der Waals surface area contributed by atoms with E-state index in [1.54, 1.807) is 45.5 Å². The highest BCUT2D eigenvalue weighted by molar-refractivity contribution is 7.89. The van der Waals surface area contributed by atoms with Gasteiger partial charge in [0.15, 0.2) is 0 Å². The number of anilines is 1. The van der Waals surface area contributed by atoms with E-state index in [-0.39, 0.29) is 17.5 Å². The molecule has 0 bridgehead atoms. The molecule has 1 unspecified atom stereocenters. The molecule has 0 amide bonds. The fourth-order valence-corrected chi connectivity index (χ4v) is 3.61. The Kier molecular flexibility index (Phi) is 7.10. The number of hydrogen-bond donors (Lipinski definition) is 1. The number of methoxy groups -OCH3 is 2. The topological polar surface area (TPSA) is 67.9 Å². The van der Waals surface area contributed by atoms with Gasteiger partial charge in [0.2, 0.25) is 10.0 Å². The molecule has 1 atom stereocenters. The number of benzene rings is 1. The lowest BCUT2D eigenvalue weighted by Crippen LogP contribution is -2.42. The van der Waals surface area contributed by atoms with Crippen LogP contribution in [-0.4, -0.2) is 59.8 Å². The van der Waals surface area contributed by atoms with E-state index in [1.165, 1.54) is 4.31 Å². The zero-order valence-corrected chi connectivity index (χ0v) is 13.8. The molecule has 0 aliphatic rings. The van der Waals surface area contributed by atoms with E-state index in [9.17, 15) is 8.42 Å². The van der Waals surface area contributed by atoms with Crippen molar-refractivity contribution in [2.24, 2.45) is 0 Å². The summed E-state index contributed by atoms with van der Waals surface area (Å²) in [6.45, 7) is 2.77. The monoisotopic (exact) mass is 316 g/mol. The second-order valence-corrected chi connectivity index (χ2v) is 6.58. The maximum Gasteiger partial charge on any atom is 0.243 e. The van der Waals surface area contributed by atoms with E-state index in [4.69, 9.17) is 9.47 Å². The maximum absolute atomic E-state index is 12.7. The minimum absolute atomic E-state index is 0.264. The molecule has 1 aromatic rings. The first-order valence-corrected chi connectivity index (χ1v) is 8.19. The van der Waals surface area contributed by atoms with Gasteiger partial charge in [-0.3, -0.25) is 0 Å². The normalized spacial score (nSPS) is 13.4. The summed E-state index contributed by atoms with van der Waals surface area (Å²) in [4.78, 5) is 0.264. The van der Waals surface area contributed by atoms with Crippen LogP contribution < -0.4 is 5.32 Å². The van der Waals surface area contributed by atoms with Crippen LogP contribution in [0.5, 0.6) is 0 Å². The summed E-state index contributed by atoms with van der Waals surface area (Å²) in [7, 11) is 1.32. The smallest absolute Gasteiger partial charge is 0.243 e. The van der Waals surface area contributed by atoms with Crippen LogP contribution in [0.4, 0.5) is 5.69 Å². The molecule has 1 N–H and O–H groups in total. The highest BCUT2D eigenvalue weighted by atomic mass is 32.2. The van der Waals surface area contributed by atoms with Crippen molar-refractivity contribution in [2.45, 2.75) is 17.9 Å². The zero-order chi connectivity index (χ0) is 15.9. The number of ether oxygens (including phenoxy) is 2. The Hall–Kier alpha value is -1.15. The summed E-state index contributed by atoms with van der Waals surface area (Å²) in [6, 6.07) is 6.41. The van der Waals surface area contributed by atoms with Crippen molar-refractivity contribution in [1.82, 2.24) is 4.31 Å². The molecule has 0 saturated carbocycles. The number of hydrogen-bond acceptors (Lipinski definition) is 5. The molecule has 0 heterocycles. The van der Waals surface area contributed by atoms with Crippen LogP contribution in [0.15, 0.2) is 29.2 Å². The second kappa shape index (κ2) is 8.33. The van der Waals surface area contributed by atoms with Gasteiger partial charge in [-0.25, -0.2) is 8.42 Å². The van der Waals surface area contributed by atoms with Gasteiger partial charge < -0.3 is 14.8 Å². The molecule has 0 aliphatic heterocycles. The van der Waals surface area contributed by atoms with Crippen molar-refractivity contribution in [2.75, 3.05) is 46.3 Å². The number of rotatable bonds is 9. The fraction of sp³-hybridized carbons (Fsp3) is 0.571. The van der Waals surface area contributed by atoms with E-state index in [2.05, 4.69) is 5.32 Å². The van der Waals surface area contributed by atoms with Crippen molar-refractivity contribution in [3.05, 3.63) is 24.3 Å². The van der Waals surface area contributed by atoms with Crippen molar-refractivity contribution < 1.29 is 17.9 Å². The molecular weight excluding hydrogens is 292 g/mol. The Bertz CT molecular complexity index is 516. The lowest BCUT2D eigenvalue weighted by atomic mass is 10.3. The van der Waals surface area contributed by atoms with Gasteiger partial charge in [-0.2, -0.15) is 4.31 Å². The molecule has 0 radical (unpaired) electrons. The predicted octanol–water partition coefficient (Wildman–Crippen LogP) is 1.40. The van der Waals surface area contributed by atoms with Gasteiger partial charge in [-0.1, -0.05) is 0 Å². The molecular formula is C14H24N2O4S. The summed E-state index contributed by atoms with van der Waals surface area (Å²) in [5.74, 6) is 0. The zero-order valence-electron chi connectivity index (χ0n) is 13.0. The van der Waals surface area contributed by atoms with Crippen LogP contribution in [0.25, 0.3) is 0 Å². The third-order valence-corrected chi connectivity index (χ3v) is 5.19. The van der Waals surface area contributed by atoms with Crippen molar-refractivity contribution in [3.8, 4) is 0 Å². The van der Waals surface area contributed by atoms with Crippen LogP contribution in [0.3, 0.4) is 0 Å². The Morgan fingerprint density at radius 3 is 2.29 bits per heavy atom. The summed E-state index contributed by atoms with van der Waals surface area (Å²) in [5, 5.41) is 2.96. The van der Waals surface area contributed by atoms with Gasteiger partial charge in [0, 0.05) is 39.5 Å². The lowest BCUT2D eigenvalue weighted by molar-refractivity contribution is 0.119. The largest absolute Gasteiger partial charge is 0.388 e. The Morgan fingerprint density at radius 2 is 1.81 bits per heavy atom. The summed E-state index contributed by atoms with van der Waals surface area (Å²) in [5.41, 5.74) is 0.863.